The van der Waals surface area contributed by atoms with Crippen molar-refractivity contribution in [2.75, 3.05) is 11.1 Å². The number of rotatable bonds is 5. The van der Waals surface area contributed by atoms with Crippen LogP contribution >= 0.6 is 23.1 Å². The molecule has 2 rings (SSSR count). The predicted octanol–water partition coefficient (Wildman–Crippen LogP) is 2.49. The van der Waals surface area contributed by atoms with E-state index in [0.29, 0.717) is 10.0 Å². The van der Waals surface area contributed by atoms with Gasteiger partial charge in [0.05, 0.1) is 16.4 Å². The van der Waals surface area contributed by atoms with Crippen molar-refractivity contribution in [1.29, 1.82) is 0 Å². The molecule has 0 unspecified atom stereocenters. The lowest BCUT2D eigenvalue weighted by Crippen LogP contribution is -2.15. The molecule has 1 N–H and O–H groups in total. The van der Waals surface area contributed by atoms with Gasteiger partial charge in [-0.1, -0.05) is 29.2 Å². The smallest absolute Gasteiger partial charge is 0.271 e. The number of hydrogen-bond donors (Lipinski definition) is 1. The second-order valence-electron chi connectivity index (χ2n) is 3.80. The maximum atomic E-state index is 11.8. The molecule has 0 spiro atoms. The lowest BCUT2D eigenvalue weighted by atomic mass is 10.2. The lowest BCUT2D eigenvalue weighted by Gasteiger charge is -2.07. The monoisotopic (exact) mass is 310 g/mol. The highest BCUT2D eigenvalue weighted by Gasteiger charge is 2.11. The number of carbonyl (C=O) groups excluding carboxylic acids is 1. The van der Waals surface area contributed by atoms with Crippen LogP contribution in [-0.4, -0.2) is 26.8 Å². The van der Waals surface area contributed by atoms with Gasteiger partial charge in [-0.3, -0.25) is 14.9 Å². The van der Waals surface area contributed by atoms with Gasteiger partial charge in [-0.05, 0) is 12.5 Å². The van der Waals surface area contributed by atoms with Crippen LogP contribution in [-0.2, 0) is 4.79 Å². The van der Waals surface area contributed by atoms with Gasteiger partial charge >= 0.3 is 0 Å². The first-order valence-corrected chi connectivity index (χ1v) is 7.36. The Morgan fingerprint density at radius 1 is 1.55 bits per heavy atom. The normalized spacial score (nSPS) is 10.2. The van der Waals surface area contributed by atoms with Gasteiger partial charge in [0.2, 0.25) is 5.91 Å². The highest BCUT2D eigenvalue weighted by molar-refractivity contribution is 8.01. The molecule has 0 saturated heterocycles. The first-order valence-electron chi connectivity index (χ1n) is 5.50. The van der Waals surface area contributed by atoms with Crippen LogP contribution < -0.4 is 5.32 Å². The molecule has 2 aromatic rings. The first-order chi connectivity index (χ1) is 9.56. The van der Waals surface area contributed by atoms with Crippen LogP contribution in [0.4, 0.5) is 11.4 Å². The summed E-state index contributed by atoms with van der Waals surface area (Å²) >= 11 is 2.62. The molecule has 9 heteroatoms. The number of aromatic nitrogens is 2. The third kappa shape index (κ3) is 3.75. The number of thioether (sulfide) groups is 1. The summed E-state index contributed by atoms with van der Waals surface area (Å²) in [6, 6.07) is 4.36. The number of carbonyl (C=O) groups is 1. The van der Waals surface area contributed by atoms with Crippen molar-refractivity contribution in [3.05, 3.63) is 39.4 Å². The van der Waals surface area contributed by atoms with E-state index in [1.54, 1.807) is 18.5 Å². The Bertz CT molecular complexity index is 631. The van der Waals surface area contributed by atoms with Crippen molar-refractivity contribution in [2.24, 2.45) is 0 Å². The van der Waals surface area contributed by atoms with E-state index in [-0.39, 0.29) is 17.3 Å². The fraction of sp³-hybridized carbons (Fsp3) is 0.182. The molecular weight excluding hydrogens is 300 g/mol. The number of benzene rings is 1. The SMILES string of the molecule is Cc1ccc([N+](=O)[O-])cc1NC(=O)CSc1nncs1. The van der Waals surface area contributed by atoms with Gasteiger partial charge in [0.15, 0.2) is 4.34 Å². The number of aryl methyl sites for hydroxylation is 1. The van der Waals surface area contributed by atoms with E-state index in [1.165, 1.54) is 35.2 Å². The number of non-ortho nitro benzene ring substituents is 1. The van der Waals surface area contributed by atoms with Crippen molar-refractivity contribution >= 4 is 40.4 Å². The summed E-state index contributed by atoms with van der Waals surface area (Å²) in [4.78, 5) is 22.0. The molecule has 0 saturated carbocycles. The minimum atomic E-state index is -0.495. The predicted molar refractivity (Wildman–Crippen MR) is 77.1 cm³/mol. The molecule has 0 fully saturated rings. The minimum absolute atomic E-state index is 0.0531. The molecule has 1 aromatic carbocycles. The molecule has 0 aliphatic carbocycles. The van der Waals surface area contributed by atoms with E-state index < -0.39 is 4.92 Å². The molecule has 0 aliphatic rings. The molecule has 20 heavy (non-hydrogen) atoms. The molecule has 1 aromatic heterocycles. The maximum Gasteiger partial charge on any atom is 0.271 e. The van der Waals surface area contributed by atoms with Crippen LogP contribution in [0.15, 0.2) is 28.0 Å². The van der Waals surface area contributed by atoms with Crippen LogP contribution in [0, 0.1) is 17.0 Å². The molecule has 0 aliphatic heterocycles. The number of nitro benzene ring substituents is 1. The zero-order valence-corrected chi connectivity index (χ0v) is 12.0. The topological polar surface area (TPSA) is 98.0 Å². The highest BCUT2D eigenvalue weighted by atomic mass is 32.2. The second-order valence-corrected chi connectivity index (χ2v) is 5.85. The standard InChI is InChI=1S/C11H10N4O3S2/c1-7-2-3-8(15(17)18)4-9(7)13-10(16)5-19-11-14-12-6-20-11/h2-4,6H,5H2,1H3,(H,13,16). The van der Waals surface area contributed by atoms with E-state index in [9.17, 15) is 14.9 Å². The van der Waals surface area contributed by atoms with Crippen LogP contribution in [0.25, 0.3) is 0 Å². The minimum Gasteiger partial charge on any atom is -0.325 e. The molecule has 7 nitrogen and oxygen atoms in total. The number of nitrogens with zero attached hydrogens (tertiary/aromatic N) is 3. The summed E-state index contributed by atoms with van der Waals surface area (Å²) in [6.07, 6.45) is 0. The Morgan fingerprint density at radius 3 is 3.00 bits per heavy atom. The Balaban J connectivity index is 2.00. The van der Waals surface area contributed by atoms with Crippen molar-refractivity contribution in [3.63, 3.8) is 0 Å². The number of nitrogens with one attached hydrogen (secondary N) is 1. The average molecular weight is 310 g/mol. The van der Waals surface area contributed by atoms with Crippen molar-refractivity contribution in [1.82, 2.24) is 10.2 Å². The molecule has 1 heterocycles. The van der Waals surface area contributed by atoms with E-state index in [2.05, 4.69) is 15.5 Å². The summed E-state index contributed by atoms with van der Waals surface area (Å²) in [5.41, 5.74) is 2.75. The van der Waals surface area contributed by atoms with E-state index in [1.807, 2.05) is 0 Å². The molecule has 1 amide bonds. The van der Waals surface area contributed by atoms with E-state index in [4.69, 9.17) is 0 Å². The summed E-state index contributed by atoms with van der Waals surface area (Å²) in [7, 11) is 0. The van der Waals surface area contributed by atoms with Crippen molar-refractivity contribution in [3.8, 4) is 0 Å². The van der Waals surface area contributed by atoms with Crippen LogP contribution in [0.3, 0.4) is 0 Å². The highest BCUT2D eigenvalue weighted by Crippen LogP contribution is 2.23. The van der Waals surface area contributed by atoms with Gasteiger partial charge in [0.25, 0.3) is 5.69 Å². The molecule has 0 atom stereocenters. The molecule has 0 bridgehead atoms. The zero-order chi connectivity index (χ0) is 14.5. The van der Waals surface area contributed by atoms with Crippen molar-refractivity contribution in [2.45, 2.75) is 11.3 Å². The summed E-state index contributed by atoms with van der Waals surface area (Å²) in [5.74, 6) is -0.0640. The Kier molecular flexibility index (Phi) is 4.64. The zero-order valence-electron chi connectivity index (χ0n) is 10.4. The van der Waals surface area contributed by atoms with Crippen molar-refractivity contribution < 1.29 is 9.72 Å². The van der Waals surface area contributed by atoms with Gasteiger partial charge in [0.1, 0.15) is 5.51 Å². The number of amides is 1. The number of nitro groups is 1. The quantitative estimate of drug-likeness (QED) is 0.517. The summed E-state index contributed by atoms with van der Waals surface area (Å²) in [6.45, 7) is 1.78. The average Bonchev–Trinajstić information content (AvgIpc) is 2.92. The van der Waals surface area contributed by atoms with Crippen LogP contribution in [0.5, 0.6) is 0 Å². The van der Waals surface area contributed by atoms with Crippen LogP contribution in [0.2, 0.25) is 0 Å². The third-order valence-corrected chi connectivity index (χ3v) is 4.23. The fourth-order valence-electron chi connectivity index (χ4n) is 1.40. The summed E-state index contributed by atoms with van der Waals surface area (Å²) < 4.78 is 0.705. The van der Waals surface area contributed by atoms with Gasteiger partial charge in [0, 0.05) is 12.1 Å². The van der Waals surface area contributed by atoms with Crippen LogP contribution in [0.1, 0.15) is 5.56 Å². The number of anilines is 1. The Labute approximate surface area is 122 Å². The second kappa shape index (κ2) is 6.44. The Hall–Kier alpha value is -2.00. The summed E-state index contributed by atoms with van der Waals surface area (Å²) in [5, 5.41) is 20.8. The first kappa shape index (κ1) is 14.4. The van der Waals surface area contributed by atoms with Gasteiger partial charge < -0.3 is 5.32 Å². The maximum absolute atomic E-state index is 11.8. The molecular formula is C11H10N4O3S2. The number of hydrogen-bond acceptors (Lipinski definition) is 7. The largest absolute Gasteiger partial charge is 0.325 e. The fourth-order valence-corrected chi connectivity index (χ4v) is 2.69. The third-order valence-electron chi connectivity index (χ3n) is 2.37. The van der Waals surface area contributed by atoms with Gasteiger partial charge in [-0.15, -0.1) is 10.2 Å². The van der Waals surface area contributed by atoms with E-state index >= 15 is 0 Å². The van der Waals surface area contributed by atoms with E-state index in [0.717, 1.165) is 5.56 Å². The van der Waals surface area contributed by atoms with Gasteiger partial charge in [-0.25, -0.2) is 0 Å². The Morgan fingerprint density at radius 2 is 2.35 bits per heavy atom. The molecule has 0 radical (unpaired) electrons. The van der Waals surface area contributed by atoms with Gasteiger partial charge in [-0.2, -0.15) is 0 Å². The molecule has 104 valence electrons. The lowest BCUT2D eigenvalue weighted by molar-refractivity contribution is -0.384.